The van der Waals surface area contributed by atoms with Gasteiger partial charge in [-0.3, -0.25) is 4.79 Å². The Hall–Kier alpha value is -1.62. The third-order valence-corrected chi connectivity index (χ3v) is 3.51. The predicted molar refractivity (Wildman–Crippen MR) is 71.3 cm³/mol. The fourth-order valence-corrected chi connectivity index (χ4v) is 2.38. The Morgan fingerprint density at radius 3 is 3.00 bits per heavy atom. The maximum Gasteiger partial charge on any atom is 0.267 e. The van der Waals surface area contributed by atoms with Crippen LogP contribution in [0.2, 0.25) is 0 Å². The Labute approximate surface area is 107 Å². The molecule has 1 aromatic rings. The van der Waals surface area contributed by atoms with Gasteiger partial charge < -0.3 is 16.4 Å². The molecule has 4 N–H and O–H groups in total. The highest BCUT2D eigenvalue weighted by Crippen LogP contribution is 2.23. The maximum absolute atomic E-state index is 11.1. The molecule has 1 saturated heterocycles. The molecule has 5 nitrogen and oxygen atoms in total. The normalized spacial score (nSPS) is 21.7. The van der Waals surface area contributed by atoms with Gasteiger partial charge in [0.2, 0.25) is 0 Å². The fraction of sp³-hybridized carbons (Fsp3) is 0.538. The molecular weight excluding hydrogens is 228 g/mol. The molecule has 0 aliphatic carbocycles. The lowest BCUT2D eigenvalue weighted by molar-refractivity contribution is 0.0995. The summed E-state index contributed by atoms with van der Waals surface area (Å²) in [5, 5.41) is 0. The minimum absolute atomic E-state index is 0.187. The first kappa shape index (κ1) is 12.8. The van der Waals surface area contributed by atoms with Crippen LogP contribution in [0.1, 0.15) is 30.3 Å². The highest BCUT2D eigenvalue weighted by molar-refractivity contribution is 5.91. The molecular formula is C13H20N4O. The summed E-state index contributed by atoms with van der Waals surface area (Å²) < 4.78 is 0. The van der Waals surface area contributed by atoms with Crippen molar-refractivity contribution in [3.05, 3.63) is 23.9 Å². The highest BCUT2D eigenvalue weighted by Gasteiger charge is 2.23. The van der Waals surface area contributed by atoms with Crippen molar-refractivity contribution < 1.29 is 4.79 Å². The number of aromatic nitrogens is 1. The average Bonchev–Trinajstić information content (AvgIpc) is 2.39. The topological polar surface area (TPSA) is 85.2 Å². The lowest BCUT2D eigenvalue weighted by Crippen LogP contribution is -2.42. The summed E-state index contributed by atoms with van der Waals surface area (Å²) in [6.07, 6.45) is 2.26. The van der Waals surface area contributed by atoms with Gasteiger partial charge in [-0.15, -0.1) is 0 Å². The van der Waals surface area contributed by atoms with Crippen molar-refractivity contribution in [2.45, 2.75) is 25.8 Å². The van der Waals surface area contributed by atoms with E-state index < -0.39 is 5.91 Å². The van der Waals surface area contributed by atoms with Crippen molar-refractivity contribution >= 4 is 11.7 Å². The van der Waals surface area contributed by atoms with Gasteiger partial charge in [0.05, 0.1) is 0 Å². The number of hydrogen-bond donors (Lipinski definition) is 2. The molecule has 0 spiro atoms. The minimum Gasteiger partial charge on any atom is -0.364 e. The summed E-state index contributed by atoms with van der Waals surface area (Å²) in [4.78, 5) is 17.6. The Morgan fingerprint density at radius 1 is 1.56 bits per heavy atom. The number of carbonyl (C=O) groups excluding carboxylic acids is 1. The molecule has 1 amide bonds. The van der Waals surface area contributed by atoms with Crippen LogP contribution in [0.25, 0.3) is 0 Å². The predicted octanol–water partition coefficient (Wildman–Crippen LogP) is 0.744. The molecule has 18 heavy (non-hydrogen) atoms. The molecule has 0 bridgehead atoms. The van der Waals surface area contributed by atoms with Gasteiger partial charge in [-0.2, -0.15) is 0 Å². The van der Waals surface area contributed by atoms with E-state index >= 15 is 0 Å². The van der Waals surface area contributed by atoms with E-state index in [1.807, 2.05) is 19.1 Å². The van der Waals surface area contributed by atoms with Crippen LogP contribution in [0, 0.1) is 5.92 Å². The highest BCUT2D eigenvalue weighted by atomic mass is 16.1. The van der Waals surface area contributed by atoms with Gasteiger partial charge in [0.25, 0.3) is 5.91 Å². The largest absolute Gasteiger partial charge is 0.364 e. The van der Waals surface area contributed by atoms with E-state index in [4.69, 9.17) is 11.5 Å². The van der Waals surface area contributed by atoms with Crippen molar-refractivity contribution in [1.82, 2.24) is 4.98 Å². The molecule has 5 heteroatoms. The summed E-state index contributed by atoms with van der Waals surface area (Å²) >= 11 is 0. The van der Waals surface area contributed by atoms with Crippen molar-refractivity contribution in [3.8, 4) is 0 Å². The zero-order chi connectivity index (χ0) is 13.1. The van der Waals surface area contributed by atoms with E-state index in [1.165, 1.54) is 0 Å². The van der Waals surface area contributed by atoms with E-state index in [9.17, 15) is 4.79 Å². The molecule has 2 heterocycles. The minimum atomic E-state index is -0.488. The molecule has 1 aliphatic rings. The third-order valence-electron chi connectivity index (χ3n) is 3.51. The zero-order valence-corrected chi connectivity index (χ0v) is 10.7. The number of nitrogens with two attached hydrogens (primary N) is 2. The third kappa shape index (κ3) is 2.79. The Bertz CT molecular complexity index is 433. The first-order valence-electron chi connectivity index (χ1n) is 6.35. The average molecular weight is 248 g/mol. The van der Waals surface area contributed by atoms with Crippen LogP contribution in [0.5, 0.6) is 0 Å². The second-order valence-corrected chi connectivity index (χ2v) is 4.95. The van der Waals surface area contributed by atoms with Crippen LogP contribution >= 0.6 is 0 Å². The molecule has 0 saturated carbocycles. The van der Waals surface area contributed by atoms with Gasteiger partial charge in [0, 0.05) is 19.1 Å². The number of anilines is 1. The molecule has 2 atom stereocenters. The standard InChI is InChI=1S/C13H20N4O/c1-9(14)10-4-3-7-17(8-10)12-6-2-5-11(16-12)13(15)18/h2,5-6,9-10H,3-4,7-8,14H2,1H3,(H2,15,18). The van der Waals surface area contributed by atoms with Gasteiger partial charge in [-0.1, -0.05) is 6.07 Å². The van der Waals surface area contributed by atoms with Gasteiger partial charge in [-0.05, 0) is 37.8 Å². The van der Waals surface area contributed by atoms with E-state index in [0.717, 1.165) is 31.7 Å². The van der Waals surface area contributed by atoms with Crippen molar-refractivity contribution in [2.24, 2.45) is 17.4 Å². The molecule has 0 aromatic carbocycles. The first-order valence-corrected chi connectivity index (χ1v) is 6.35. The second-order valence-electron chi connectivity index (χ2n) is 4.95. The first-order chi connectivity index (χ1) is 8.58. The zero-order valence-electron chi connectivity index (χ0n) is 10.7. The number of piperidine rings is 1. The lowest BCUT2D eigenvalue weighted by Gasteiger charge is -2.35. The Kier molecular flexibility index (Phi) is 3.81. The summed E-state index contributed by atoms with van der Waals surface area (Å²) in [7, 11) is 0. The summed E-state index contributed by atoms with van der Waals surface area (Å²) in [5.41, 5.74) is 11.5. The van der Waals surface area contributed by atoms with Crippen LogP contribution < -0.4 is 16.4 Å². The number of amides is 1. The summed E-state index contributed by atoms with van der Waals surface area (Å²) in [5.74, 6) is 0.812. The monoisotopic (exact) mass is 248 g/mol. The van der Waals surface area contributed by atoms with Crippen LogP contribution in [-0.4, -0.2) is 30.0 Å². The lowest BCUT2D eigenvalue weighted by atomic mass is 9.92. The second kappa shape index (κ2) is 5.35. The quantitative estimate of drug-likeness (QED) is 0.826. The van der Waals surface area contributed by atoms with E-state index in [-0.39, 0.29) is 6.04 Å². The Balaban J connectivity index is 2.15. The molecule has 1 aromatic heterocycles. The smallest absolute Gasteiger partial charge is 0.267 e. The number of rotatable bonds is 3. The van der Waals surface area contributed by atoms with Crippen molar-refractivity contribution in [3.63, 3.8) is 0 Å². The van der Waals surface area contributed by atoms with Crippen LogP contribution in [0.4, 0.5) is 5.82 Å². The summed E-state index contributed by atoms with van der Waals surface area (Å²) in [6.45, 7) is 3.90. The Morgan fingerprint density at radius 2 is 2.33 bits per heavy atom. The van der Waals surface area contributed by atoms with Gasteiger partial charge in [0.15, 0.2) is 0 Å². The van der Waals surface area contributed by atoms with Crippen molar-refractivity contribution in [1.29, 1.82) is 0 Å². The van der Waals surface area contributed by atoms with Gasteiger partial charge in [-0.25, -0.2) is 4.98 Å². The molecule has 2 rings (SSSR count). The van der Waals surface area contributed by atoms with Gasteiger partial charge in [0.1, 0.15) is 11.5 Å². The van der Waals surface area contributed by atoms with E-state index in [0.29, 0.717) is 11.6 Å². The summed E-state index contributed by atoms with van der Waals surface area (Å²) in [6, 6.07) is 5.55. The molecule has 2 unspecified atom stereocenters. The molecule has 0 radical (unpaired) electrons. The van der Waals surface area contributed by atoms with Crippen molar-refractivity contribution in [2.75, 3.05) is 18.0 Å². The number of carbonyl (C=O) groups is 1. The van der Waals surface area contributed by atoms with Gasteiger partial charge >= 0.3 is 0 Å². The number of nitrogens with zero attached hydrogens (tertiary/aromatic N) is 2. The van der Waals surface area contributed by atoms with Crippen LogP contribution in [-0.2, 0) is 0 Å². The van der Waals surface area contributed by atoms with Crippen LogP contribution in [0.3, 0.4) is 0 Å². The van der Waals surface area contributed by atoms with E-state index in [1.54, 1.807) is 6.07 Å². The SMILES string of the molecule is CC(N)C1CCCN(c2cccc(C(N)=O)n2)C1. The molecule has 1 aliphatic heterocycles. The van der Waals surface area contributed by atoms with Crippen LogP contribution in [0.15, 0.2) is 18.2 Å². The number of pyridine rings is 1. The number of hydrogen-bond acceptors (Lipinski definition) is 4. The van der Waals surface area contributed by atoms with E-state index in [2.05, 4.69) is 9.88 Å². The fourth-order valence-electron chi connectivity index (χ4n) is 2.38. The molecule has 98 valence electrons. The number of primary amides is 1. The maximum atomic E-state index is 11.1. The molecule has 1 fully saturated rings.